The lowest BCUT2D eigenvalue weighted by atomic mass is 9.90. The molecule has 1 heterocycles. The molecule has 0 amide bonds. The summed E-state index contributed by atoms with van der Waals surface area (Å²) in [6, 6.07) is 8.63. The van der Waals surface area contributed by atoms with Gasteiger partial charge >= 0.3 is 0 Å². The van der Waals surface area contributed by atoms with Crippen molar-refractivity contribution in [3.63, 3.8) is 0 Å². The smallest absolute Gasteiger partial charge is 0.118 e. The summed E-state index contributed by atoms with van der Waals surface area (Å²) in [6.45, 7) is 2.38. The maximum Gasteiger partial charge on any atom is 0.118 e. The Hall–Kier alpha value is -0.540. The van der Waals surface area contributed by atoms with E-state index in [-0.39, 0.29) is 0 Å². The van der Waals surface area contributed by atoms with E-state index in [0.717, 1.165) is 11.7 Å². The predicted molar refractivity (Wildman–Crippen MR) is 81.5 cm³/mol. The summed E-state index contributed by atoms with van der Waals surface area (Å²) in [5.74, 6) is 4.85. The van der Waals surface area contributed by atoms with Gasteiger partial charge in [0.1, 0.15) is 5.75 Å². The predicted octanol–water partition coefficient (Wildman–Crippen LogP) is 4.51. The van der Waals surface area contributed by atoms with Gasteiger partial charge < -0.3 is 4.74 Å². The molecule has 2 atom stereocenters. The highest BCUT2D eigenvalue weighted by atomic mass is 32.2. The van der Waals surface area contributed by atoms with Gasteiger partial charge in [-0.25, -0.2) is 0 Å². The van der Waals surface area contributed by atoms with E-state index in [1.54, 1.807) is 16.9 Å². The molecule has 0 saturated heterocycles. The molecule has 0 aromatic heterocycles. The topological polar surface area (TPSA) is 9.23 Å². The molecule has 0 radical (unpaired) electrons. The molecule has 2 aliphatic rings. The van der Waals surface area contributed by atoms with Crippen molar-refractivity contribution >= 4 is 23.5 Å². The Kier molecular flexibility index (Phi) is 3.62. The molecule has 1 aromatic carbocycles. The van der Waals surface area contributed by atoms with Crippen LogP contribution in [0, 0.1) is 5.92 Å². The summed E-state index contributed by atoms with van der Waals surface area (Å²) in [5, 5.41) is 0. The molecule has 3 heteroatoms. The van der Waals surface area contributed by atoms with Crippen LogP contribution in [0.5, 0.6) is 5.75 Å². The number of thioether (sulfide) groups is 2. The van der Waals surface area contributed by atoms with Gasteiger partial charge in [-0.15, -0.1) is 23.5 Å². The molecule has 0 bridgehead atoms. The van der Waals surface area contributed by atoms with Crippen LogP contribution in [0.1, 0.15) is 24.8 Å². The number of rotatable bonds is 2. The van der Waals surface area contributed by atoms with Crippen molar-refractivity contribution in [3.8, 4) is 5.75 Å². The molecular formula is C15H18OS2. The Balaban J connectivity index is 1.92. The van der Waals surface area contributed by atoms with Crippen LogP contribution in [-0.2, 0) is 0 Å². The largest absolute Gasteiger partial charge is 0.497 e. The average Bonchev–Trinajstić information content (AvgIpc) is 2.75. The summed E-state index contributed by atoms with van der Waals surface area (Å²) < 4.78 is 5.24. The zero-order chi connectivity index (χ0) is 12.5. The molecule has 1 aliphatic carbocycles. The standard InChI is InChI=1S/C15H18OS2/c1-10-9-13-15(18-8-7-17-13)14(10)11-3-5-12(16-2)6-4-11/h3-6,10,14H,7-9H2,1-2H3/t10-,14-/m0/s1. The first-order chi connectivity index (χ1) is 8.79. The Bertz CT molecular complexity index is 464. The van der Waals surface area contributed by atoms with E-state index < -0.39 is 0 Å². The third-order valence-electron chi connectivity index (χ3n) is 3.73. The van der Waals surface area contributed by atoms with Crippen molar-refractivity contribution < 1.29 is 4.74 Å². The molecule has 1 aliphatic heterocycles. The molecule has 96 valence electrons. The first-order valence-corrected chi connectivity index (χ1v) is 8.39. The van der Waals surface area contributed by atoms with E-state index in [4.69, 9.17) is 4.74 Å². The van der Waals surface area contributed by atoms with Crippen molar-refractivity contribution in [2.75, 3.05) is 18.6 Å². The van der Waals surface area contributed by atoms with Gasteiger partial charge in [0.25, 0.3) is 0 Å². The van der Waals surface area contributed by atoms with Crippen LogP contribution < -0.4 is 4.74 Å². The van der Waals surface area contributed by atoms with Crippen molar-refractivity contribution in [1.82, 2.24) is 0 Å². The molecule has 0 N–H and O–H groups in total. The monoisotopic (exact) mass is 278 g/mol. The van der Waals surface area contributed by atoms with Crippen molar-refractivity contribution in [3.05, 3.63) is 39.6 Å². The minimum atomic E-state index is 0.615. The second kappa shape index (κ2) is 5.22. The van der Waals surface area contributed by atoms with Crippen LogP contribution in [0.3, 0.4) is 0 Å². The van der Waals surface area contributed by atoms with Crippen LogP contribution in [0.25, 0.3) is 0 Å². The van der Waals surface area contributed by atoms with E-state index in [1.165, 1.54) is 23.5 Å². The lowest BCUT2D eigenvalue weighted by Gasteiger charge is -2.21. The fourth-order valence-corrected chi connectivity index (χ4v) is 5.78. The summed E-state index contributed by atoms with van der Waals surface area (Å²) in [6.07, 6.45) is 1.27. The van der Waals surface area contributed by atoms with Crippen LogP contribution in [0.2, 0.25) is 0 Å². The number of hydrogen-bond donors (Lipinski definition) is 0. The van der Waals surface area contributed by atoms with Gasteiger partial charge in [0.2, 0.25) is 0 Å². The number of methoxy groups -OCH3 is 1. The molecule has 1 nitrogen and oxygen atoms in total. The zero-order valence-corrected chi connectivity index (χ0v) is 12.4. The molecule has 0 spiro atoms. The fraction of sp³-hybridized carbons (Fsp3) is 0.467. The summed E-state index contributed by atoms with van der Waals surface area (Å²) >= 11 is 4.16. The highest BCUT2D eigenvalue weighted by molar-refractivity contribution is 8.10. The number of allylic oxidation sites excluding steroid dienone is 2. The van der Waals surface area contributed by atoms with Crippen molar-refractivity contribution in [2.24, 2.45) is 5.92 Å². The van der Waals surface area contributed by atoms with Gasteiger partial charge in [0.05, 0.1) is 7.11 Å². The molecule has 0 saturated carbocycles. The van der Waals surface area contributed by atoms with Gasteiger partial charge in [-0.1, -0.05) is 19.1 Å². The Morgan fingerprint density at radius 3 is 2.56 bits per heavy atom. The second-order valence-electron chi connectivity index (χ2n) is 4.92. The molecular weight excluding hydrogens is 260 g/mol. The molecule has 3 rings (SSSR count). The molecule has 0 unspecified atom stereocenters. The lowest BCUT2D eigenvalue weighted by Crippen LogP contribution is -2.06. The van der Waals surface area contributed by atoms with Gasteiger partial charge in [-0.2, -0.15) is 0 Å². The average molecular weight is 278 g/mol. The number of benzene rings is 1. The number of ether oxygens (including phenoxy) is 1. The molecule has 0 fully saturated rings. The van der Waals surface area contributed by atoms with Crippen molar-refractivity contribution in [2.45, 2.75) is 19.3 Å². The Morgan fingerprint density at radius 1 is 1.11 bits per heavy atom. The highest BCUT2D eigenvalue weighted by Gasteiger charge is 2.35. The maximum absolute atomic E-state index is 5.24. The number of hydrogen-bond acceptors (Lipinski definition) is 3. The SMILES string of the molecule is COc1ccc([C@H]2C3=C(C[C@@H]2C)SCCS3)cc1. The first-order valence-electron chi connectivity index (χ1n) is 6.42. The van der Waals surface area contributed by atoms with E-state index in [1.807, 2.05) is 0 Å². The zero-order valence-electron chi connectivity index (χ0n) is 10.8. The third-order valence-corrected chi connectivity index (χ3v) is 6.48. The minimum Gasteiger partial charge on any atom is -0.497 e. The summed E-state index contributed by atoms with van der Waals surface area (Å²) in [7, 11) is 1.72. The van der Waals surface area contributed by atoms with E-state index in [2.05, 4.69) is 54.7 Å². The van der Waals surface area contributed by atoms with Gasteiger partial charge in [-0.3, -0.25) is 0 Å². The van der Waals surface area contributed by atoms with E-state index in [0.29, 0.717) is 5.92 Å². The summed E-state index contributed by atoms with van der Waals surface area (Å²) in [5.41, 5.74) is 1.45. The quantitative estimate of drug-likeness (QED) is 0.787. The minimum absolute atomic E-state index is 0.615. The summed E-state index contributed by atoms with van der Waals surface area (Å²) in [4.78, 5) is 3.29. The van der Waals surface area contributed by atoms with Crippen LogP contribution in [-0.4, -0.2) is 18.6 Å². The third kappa shape index (κ3) is 2.19. The van der Waals surface area contributed by atoms with Gasteiger partial charge in [-0.05, 0) is 34.9 Å². The maximum atomic E-state index is 5.24. The second-order valence-corrected chi connectivity index (χ2v) is 7.24. The molecule has 18 heavy (non-hydrogen) atoms. The Labute approximate surface area is 117 Å². The van der Waals surface area contributed by atoms with Crippen LogP contribution in [0.15, 0.2) is 34.1 Å². The normalized spacial score (nSPS) is 27.2. The van der Waals surface area contributed by atoms with Gasteiger partial charge in [0, 0.05) is 22.3 Å². The van der Waals surface area contributed by atoms with Crippen molar-refractivity contribution in [1.29, 1.82) is 0 Å². The first kappa shape index (κ1) is 12.5. The molecule has 1 aromatic rings. The van der Waals surface area contributed by atoms with E-state index in [9.17, 15) is 0 Å². The van der Waals surface area contributed by atoms with Gasteiger partial charge in [0.15, 0.2) is 0 Å². The highest BCUT2D eigenvalue weighted by Crippen LogP contribution is 2.54. The Morgan fingerprint density at radius 2 is 1.83 bits per heavy atom. The lowest BCUT2D eigenvalue weighted by molar-refractivity contribution is 0.414. The van der Waals surface area contributed by atoms with Crippen LogP contribution >= 0.6 is 23.5 Å². The van der Waals surface area contributed by atoms with E-state index >= 15 is 0 Å². The van der Waals surface area contributed by atoms with Crippen LogP contribution in [0.4, 0.5) is 0 Å². The fourth-order valence-electron chi connectivity index (χ4n) is 2.85.